The van der Waals surface area contributed by atoms with Crippen LogP contribution in [-0.4, -0.2) is 16.6 Å². The number of hydrogen-bond donors (Lipinski definition) is 1. The first-order valence-corrected chi connectivity index (χ1v) is 4.22. The molecule has 5 nitrogen and oxygen atoms in total. The van der Waals surface area contributed by atoms with Crippen LogP contribution in [0.25, 0.3) is 0 Å². The van der Waals surface area contributed by atoms with Crippen LogP contribution in [0, 0.1) is 27.4 Å². The van der Waals surface area contributed by atoms with Crippen LogP contribution in [0.15, 0.2) is 18.2 Å². The second-order valence-electron chi connectivity index (χ2n) is 3.04. The Morgan fingerprint density at radius 1 is 1.67 bits per heavy atom. The largest absolute Gasteiger partial charge is 0.395 e. The molecule has 1 aromatic rings. The molecule has 0 aromatic heterocycles. The summed E-state index contributed by atoms with van der Waals surface area (Å²) in [4.78, 5) is 9.93. The number of aliphatic hydroxyl groups excluding tert-OH is 1. The van der Waals surface area contributed by atoms with Gasteiger partial charge in [-0.25, -0.2) is 0 Å². The van der Waals surface area contributed by atoms with Crippen molar-refractivity contribution in [3.63, 3.8) is 0 Å². The van der Waals surface area contributed by atoms with E-state index < -0.39 is 4.92 Å². The highest BCUT2D eigenvalue weighted by Gasteiger charge is 2.15. The van der Waals surface area contributed by atoms with Crippen molar-refractivity contribution < 1.29 is 10.0 Å². The van der Waals surface area contributed by atoms with Crippen LogP contribution in [-0.2, 0) is 0 Å². The summed E-state index contributed by atoms with van der Waals surface area (Å²) in [7, 11) is 0. The molecule has 0 aliphatic rings. The molecule has 0 aliphatic heterocycles. The predicted octanol–water partition coefficient (Wildman–Crippen LogP) is 1.40. The molecule has 0 bridgehead atoms. The van der Waals surface area contributed by atoms with E-state index in [0.29, 0.717) is 11.5 Å². The smallest absolute Gasteiger partial charge is 0.287 e. The molecule has 1 N–H and O–H groups in total. The topological polar surface area (TPSA) is 87.2 Å². The van der Waals surface area contributed by atoms with E-state index in [4.69, 9.17) is 10.4 Å². The van der Waals surface area contributed by atoms with Gasteiger partial charge in [0.2, 0.25) is 0 Å². The van der Waals surface area contributed by atoms with Crippen molar-refractivity contribution >= 4 is 5.69 Å². The van der Waals surface area contributed by atoms with Crippen molar-refractivity contribution in [2.45, 2.75) is 6.92 Å². The van der Waals surface area contributed by atoms with Gasteiger partial charge in [-0.05, 0) is 11.6 Å². The van der Waals surface area contributed by atoms with Gasteiger partial charge in [0.05, 0.1) is 11.5 Å². The van der Waals surface area contributed by atoms with E-state index in [1.54, 1.807) is 13.0 Å². The van der Waals surface area contributed by atoms with E-state index in [-0.39, 0.29) is 17.9 Å². The van der Waals surface area contributed by atoms with E-state index in [1.807, 2.05) is 0 Å². The molecule has 15 heavy (non-hydrogen) atoms. The fourth-order valence-electron chi connectivity index (χ4n) is 1.14. The minimum Gasteiger partial charge on any atom is -0.395 e. The first kappa shape index (κ1) is 11.1. The van der Waals surface area contributed by atoms with Crippen molar-refractivity contribution in [2.75, 3.05) is 6.61 Å². The first-order chi connectivity index (χ1) is 7.10. The molecule has 0 saturated carbocycles. The molecule has 0 atom stereocenters. The van der Waals surface area contributed by atoms with E-state index in [1.165, 1.54) is 18.2 Å². The van der Waals surface area contributed by atoms with Gasteiger partial charge in [0.1, 0.15) is 11.6 Å². The maximum Gasteiger partial charge on any atom is 0.287 e. The number of rotatable bonds is 3. The van der Waals surface area contributed by atoms with Gasteiger partial charge in [0.15, 0.2) is 0 Å². The number of nitriles is 1. The number of nitro groups is 1. The highest BCUT2D eigenvalue weighted by Crippen LogP contribution is 2.22. The summed E-state index contributed by atoms with van der Waals surface area (Å²) >= 11 is 0. The normalized spacial score (nSPS) is 10.0. The van der Waals surface area contributed by atoms with Gasteiger partial charge in [-0.2, -0.15) is 5.26 Å². The third-order valence-electron chi connectivity index (χ3n) is 2.04. The molecule has 0 saturated heterocycles. The molecule has 5 heteroatoms. The molecule has 0 spiro atoms. The Kier molecular flexibility index (Phi) is 3.37. The monoisotopic (exact) mass is 205 g/mol. The van der Waals surface area contributed by atoms with Gasteiger partial charge in [0, 0.05) is 12.0 Å². The molecule has 1 radical (unpaired) electrons. The summed E-state index contributed by atoms with van der Waals surface area (Å²) in [5.74, 6) is 0.668. The summed E-state index contributed by atoms with van der Waals surface area (Å²) in [6.45, 7) is 1.56. The van der Waals surface area contributed by atoms with Crippen LogP contribution in [0.2, 0.25) is 0 Å². The fourth-order valence-corrected chi connectivity index (χ4v) is 1.14. The zero-order valence-corrected chi connectivity index (χ0v) is 8.10. The Morgan fingerprint density at radius 2 is 2.33 bits per heavy atom. The number of nitrogens with zero attached hydrogens (tertiary/aromatic N) is 2. The van der Waals surface area contributed by atoms with Crippen LogP contribution in [0.4, 0.5) is 5.69 Å². The molecule has 0 unspecified atom stereocenters. The molecule has 0 fully saturated rings. The van der Waals surface area contributed by atoms with Crippen LogP contribution < -0.4 is 0 Å². The summed E-state index contributed by atoms with van der Waals surface area (Å²) in [6, 6.07) is 5.96. The Hall–Kier alpha value is -1.93. The molecule has 0 aliphatic carbocycles. The molecule has 77 valence electrons. The Morgan fingerprint density at radius 3 is 2.80 bits per heavy atom. The summed E-state index contributed by atoms with van der Waals surface area (Å²) in [5, 5.41) is 28.1. The predicted molar refractivity (Wildman–Crippen MR) is 52.9 cm³/mol. The lowest BCUT2D eigenvalue weighted by Gasteiger charge is -2.07. The lowest BCUT2D eigenvalue weighted by Crippen LogP contribution is -2.01. The standard InChI is InChI=1S/C10H9N2O3/c1-7(6-13)8-2-3-10(12(14)15)9(4-8)5-11/h2-4,13H,6H2,1H3. The third-order valence-corrected chi connectivity index (χ3v) is 2.04. The van der Waals surface area contributed by atoms with Gasteiger partial charge in [-0.15, -0.1) is 0 Å². The molecule has 0 amide bonds. The molecular weight excluding hydrogens is 196 g/mol. The van der Waals surface area contributed by atoms with Crippen molar-refractivity contribution in [1.29, 1.82) is 5.26 Å². The van der Waals surface area contributed by atoms with Crippen LogP contribution >= 0.6 is 0 Å². The molecule has 1 aromatic carbocycles. The van der Waals surface area contributed by atoms with E-state index in [2.05, 4.69) is 0 Å². The lowest BCUT2D eigenvalue weighted by molar-refractivity contribution is -0.385. The van der Waals surface area contributed by atoms with Crippen LogP contribution in [0.5, 0.6) is 0 Å². The quantitative estimate of drug-likeness (QED) is 0.596. The van der Waals surface area contributed by atoms with Crippen molar-refractivity contribution in [3.05, 3.63) is 45.4 Å². The van der Waals surface area contributed by atoms with Gasteiger partial charge in [0.25, 0.3) is 5.69 Å². The second kappa shape index (κ2) is 4.53. The lowest BCUT2D eigenvalue weighted by atomic mass is 9.99. The van der Waals surface area contributed by atoms with Crippen LogP contribution in [0.3, 0.4) is 0 Å². The Labute approximate surface area is 86.7 Å². The van der Waals surface area contributed by atoms with Gasteiger partial charge in [-0.3, -0.25) is 10.1 Å². The minimum absolute atomic E-state index is 0.00491. The number of nitro benzene ring substituents is 1. The van der Waals surface area contributed by atoms with Crippen molar-refractivity contribution in [2.24, 2.45) is 0 Å². The van der Waals surface area contributed by atoms with E-state index in [0.717, 1.165) is 0 Å². The first-order valence-electron chi connectivity index (χ1n) is 4.22. The van der Waals surface area contributed by atoms with Gasteiger partial charge in [-0.1, -0.05) is 13.0 Å². The SMILES string of the molecule is C[C](CO)c1ccc([N+](=O)[O-])c(C#N)c1. The number of benzene rings is 1. The maximum absolute atomic E-state index is 10.5. The third kappa shape index (κ3) is 2.30. The van der Waals surface area contributed by atoms with Crippen molar-refractivity contribution in [3.8, 4) is 6.07 Å². The summed E-state index contributed by atoms with van der Waals surface area (Å²) in [6.07, 6.45) is 0. The van der Waals surface area contributed by atoms with Gasteiger partial charge >= 0.3 is 0 Å². The van der Waals surface area contributed by atoms with Crippen molar-refractivity contribution in [1.82, 2.24) is 0 Å². The summed E-state index contributed by atoms with van der Waals surface area (Å²) in [5.41, 5.74) is 0.428. The highest BCUT2D eigenvalue weighted by molar-refractivity contribution is 5.52. The molecular formula is C10H9N2O3. The maximum atomic E-state index is 10.5. The average Bonchev–Trinajstić information content (AvgIpc) is 2.26. The Bertz CT molecular complexity index is 423. The minimum atomic E-state index is -0.601. The zero-order valence-electron chi connectivity index (χ0n) is 8.10. The summed E-state index contributed by atoms with van der Waals surface area (Å²) < 4.78 is 0. The fraction of sp³-hybridized carbons (Fsp3) is 0.200. The second-order valence-corrected chi connectivity index (χ2v) is 3.04. The molecule has 0 heterocycles. The number of hydrogen-bond acceptors (Lipinski definition) is 4. The van der Waals surface area contributed by atoms with Gasteiger partial charge < -0.3 is 5.11 Å². The zero-order chi connectivity index (χ0) is 11.4. The Balaban J connectivity index is 3.20. The highest BCUT2D eigenvalue weighted by atomic mass is 16.6. The van der Waals surface area contributed by atoms with Crippen LogP contribution in [0.1, 0.15) is 18.1 Å². The molecule has 1 rings (SSSR count). The number of aliphatic hydroxyl groups is 1. The van der Waals surface area contributed by atoms with E-state index in [9.17, 15) is 10.1 Å². The average molecular weight is 205 g/mol. The van der Waals surface area contributed by atoms with E-state index >= 15 is 0 Å².